The van der Waals surface area contributed by atoms with Crippen molar-refractivity contribution in [2.75, 3.05) is 27.9 Å². The van der Waals surface area contributed by atoms with Crippen LogP contribution in [0.4, 0.5) is 0 Å². The number of benzene rings is 3. The molecule has 0 aliphatic rings. The third-order valence-electron chi connectivity index (χ3n) is 5.33. The molecule has 9 heteroatoms. The Balaban J connectivity index is 1.63. The molecule has 0 heterocycles. The number of nitrogens with one attached hydrogen (secondary N) is 1. The number of esters is 1. The number of para-hydroxylation sites is 1. The van der Waals surface area contributed by atoms with Crippen LogP contribution in [0.3, 0.4) is 0 Å². The molecule has 0 aliphatic carbocycles. The van der Waals surface area contributed by atoms with E-state index < -0.39 is 11.9 Å². The fraction of sp³-hybridized carbons (Fsp3) is 0.250. The summed E-state index contributed by atoms with van der Waals surface area (Å²) in [5.74, 6) is 1.19. The molecule has 3 rings (SSSR count). The van der Waals surface area contributed by atoms with E-state index in [9.17, 15) is 9.59 Å². The Morgan fingerprint density at radius 1 is 0.892 bits per heavy atom. The van der Waals surface area contributed by atoms with Crippen molar-refractivity contribution in [3.63, 3.8) is 0 Å². The first-order valence-electron chi connectivity index (χ1n) is 11.5. The highest BCUT2D eigenvalue weighted by Gasteiger charge is 2.19. The van der Waals surface area contributed by atoms with Gasteiger partial charge in [-0.25, -0.2) is 10.2 Å². The molecular formula is C28H30N2O7. The second-order valence-corrected chi connectivity index (χ2v) is 8.15. The van der Waals surface area contributed by atoms with E-state index in [2.05, 4.69) is 24.4 Å². The zero-order valence-electron chi connectivity index (χ0n) is 21.4. The first-order valence-corrected chi connectivity index (χ1v) is 11.5. The molecule has 0 saturated carbocycles. The van der Waals surface area contributed by atoms with E-state index in [1.807, 2.05) is 24.3 Å². The van der Waals surface area contributed by atoms with Crippen LogP contribution in [0.2, 0.25) is 0 Å². The SMILES string of the molecule is COc1cc(C(=O)Oc2ccccc2C=NNC(=O)COc2ccc(C(C)C)cc2)cc(OC)c1OC. The Kier molecular flexibility index (Phi) is 9.48. The van der Waals surface area contributed by atoms with Crippen molar-refractivity contribution in [1.29, 1.82) is 0 Å². The average Bonchev–Trinajstić information content (AvgIpc) is 2.92. The lowest BCUT2D eigenvalue weighted by atomic mass is 10.0. The molecule has 0 saturated heterocycles. The minimum absolute atomic E-state index is 0.198. The van der Waals surface area contributed by atoms with Crippen LogP contribution in [0.25, 0.3) is 0 Å². The van der Waals surface area contributed by atoms with Crippen molar-refractivity contribution in [3.8, 4) is 28.7 Å². The van der Waals surface area contributed by atoms with Crippen LogP contribution in [0.5, 0.6) is 28.7 Å². The van der Waals surface area contributed by atoms with Crippen LogP contribution in [0.1, 0.15) is 41.3 Å². The Bertz CT molecular complexity index is 1230. The van der Waals surface area contributed by atoms with Gasteiger partial charge in [-0.2, -0.15) is 5.10 Å². The summed E-state index contributed by atoms with van der Waals surface area (Å²) in [6, 6.07) is 17.3. The second kappa shape index (κ2) is 13.0. The van der Waals surface area contributed by atoms with Crippen LogP contribution in [0.15, 0.2) is 65.8 Å². The molecule has 0 spiro atoms. The van der Waals surface area contributed by atoms with Crippen molar-refractivity contribution in [1.82, 2.24) is 5.43 Å². The van der Waals surface area contributed by atoms with Gasteiger partial charge in [0.05, 0.1) is 33.1 Å². The zero-order valence-corrected chi connectivity index (χ0v) is 21.4. The third kappa shape index (κ3) is 7.23. The Hall–Kier alpha value is -4.53. The predicted molar refractivity (Wildman–Crippen MR) is 139 cm³/mol. The van der Waals surface area contributed by atoms with Crippen molar-refractivity contribution in [3.05, 3.63) is 77.4 Å². The summed E-state index contributed by atoms with van der Waals surface area (Å²) >= 11 is 0. The molecule has 3 aromatic rings. The molecule has 9 nitrogen and oxygen atoms in total. The molecule has 0 aromatic heterocycles. The normalized spacial score (nSPS) is 10.8. The van der Waals surface area contributed by atoms with Crippen molar-refractivity contribution in [2.24, 2.45) is 5.10 Å². The van der Waals surface area contributed by atoms with Crippen LogP contribution < -0.4 is 29.1 Å². The van der Waals surface area contributed by atoms with Crippen LogP contribution >= 0.6 is 0 Å². The second-order valence-electron chi connectivity index (χ2n) is 8.15. The molecule has 1 N–H and O–H groups in total. The van der Waals surface area contributed by atoms with E-state index in [-0.39, 0.29) is 17.9 Å². The number of amides is 1. The first-order chi connectivity index (χ1) is 17.9. The Morgan fingerprint density at radius 3 is 2.14 bits per heavy atom. The van der Waals surface area contributed by atoms with Gasteiger partial charge in [0.15, 0.2) is 18.1 Å². The molecule has 194 valence electrons. The van der Waals surface area contributed by atoms with Crippen LogP contribution in [-0.2, 0) is 4.79 Å². The van der Waals surface area contributed by atoms with E-state index in [0.29, 0.717) is 34.5 Å². The van der Waals surface area contributed by atoms with Gasteiger partial charge in [-0.1, -0.05) is 38.1 Å². The van der Waals surface area contributed by atoms with E-state index in [0.717, 1.165) is 0 Å². The first kappa shape index (κ1) is 27.1. The molecule has 0 fully saturated rings. The highest BCUT2D eigenvalue weighted by atomic mass is 16.5. The fourth-order valence-electron chi connectivity index (χ4n) is 3.34. The quantitative estimate of drug-likeness (QED) is 0.176. The van der Waals surface area contributed by atoms with E-state index in [1.54, 1.807) is 24.3 Å². The monoisotopic (exact) mass is 506 g/mol. The smallest absolute Gasteiger partial charge is 0.343 e. The van der Waals surface area contributed by atoms with Crippen molar-refractivity contribution in [2.45, 2.75) is 19.8 Å². The van der Waals surface area contributed by atoms with Gasteiger partial charge in [0.1, 0.15) is 11.5 Å². The number of hydrogen-bond donors (Lipinski definition) is 1. The number of hydrazone groups is 1. The summed E-state index contributed by atoms with van der Waals surface area (Å²) < 4.78 is 27.0. The summed E-state index contributed by atoms with van der Waals surface area (Å²) in [4.78, 5) is 25.0. The fourth-order valence-corrected chi connectivity index (χ4v) is 3.34. The van der Waals surface area contributed by atoms with Gasteiger partial charge in [-0.3, -0.25) is 4.79 Å². The van der Waals surface area contributed by atoms with Gasteiger partial charge in [-0.05, 0) is 47.9 Å². The van der Waals surface area contributed by atoms with Gasteiger partial charge < -0.3 is 23.7 Å². The molecule has 0 atom stereocenters. The summed E-state index contributed by atoms with van der Waals surface area (Å²) in [5.41, 5.74) is 4.27. The maximum absolute atomic E-state index is 12.9. The largest absolute Gasteiger partial charge is 0.493 e. The maximum Gasteiger partial charge on any atom is 0.343 e. The van der Waals surface area contributed by atoms with Crippen molar-refractivity contribution >= 4 is 18.1 Å². The van der Waals surface area contributed by atoms with Crippen LogP contribution in [-0.4, -0.2) is 46.0 Å². The van der Waals surface area contributed by atoms with Gasteiger partial charge in [0, 0.05) is 5.56 Å². The molecule has 37 heavy (non-hydrogen) atoms. The number of hydrogen-bond acceptors (Lipinski definition) is 8. The lowest BCUT2D eigenvalue weighted by Crippen LogP contribution is -2.24. The number of nitrogens with zero attached hydrogens (tertiary/aromatic N) is 1. The number of methoxy groups -OCH3 is 3. The highest BCUT2D eigenvalue weighted by Crippen LogP contribution is 2.38. The third-order valence-corrected chi connectivity index (χ3v) is 5.33. The summed E-state index contributed by atoms with van der Waals surface area (Å²) in [5, 5.41) is 3.96. The predicted octanol–water partition coefficient (Wildman–Crippen LogP) is 4.58. The molecule has 0 radical (unpaired) electrons. The topological polar surface area (TPSA) is 105 Å². The van der Waals surface area contributed by atoms with Crippen LogP contribution in [0, 0.1) is 0 Å². The van der Waals surface area contributed by atoms with E-state index in [1.165, 1.54) is 45.2 Å². The van der Waals surface area contributed by atoms with E-state index >= 15 is 0 Å². The Morgan fingerprint density at radius 2 is 1.54 bits per heavy atom. The summed E-state index contributed by atoms with van der Waals surface area (Å²) in [6.07, 6.45) is 1.38. The minimum atomic E-state index is -0.638. The van der Waals surface area contributed by atoms with Gasteiger partial charge in [0.25, 0.3) is 5.91 Å². The number of rotatable bonds is 11. The van der Waals surface area contributed by atoms with Gasteiger partial charge in [-0.15, -0.1) is 0 Å². The number of ether oxygens (including phenoxy) is 5. The maximum atomic E-state index is 12.9. The van der Waals surface area contributed by atoms with Gasteiger partial charge >= 0.3 is 5.97 Å². The standard InChI is InChI=1S/C28H30N2O7/c1-18(2)19-10-12-22(13-11-19)36-17-26(31)30-29-16-20-8-6-7-9-23(20)37-28(32)21-14-24(33-3)27(35-5)25(15-21)34-4/h6-16,18H,17H2,1-5H3,(H,30,31). The minimum Gasteiger partial charge on any atom is -0.493 e. The molecule has 1 amide bonds. The zero-order chi connectivity index (χ0) is 26.8. The lowest BCUT2D eigenvalue weighted by molar-refractivity contribution is -0.123. The molecular weight excluding hydrogens is 476 g/mol. The van der Waals surface area contributed by atoms with E-state index in [4.69, 9.17) is 23.7 Å². The average molecular weight is 507 g/mol. The molecule has 0 aliphatic heterocycles. The van der Waals surface area contributed by atoms with Crippen molar-refractivity contribution < 1.29 is 33.3 Å². The summed E-state index contributed by atoms with van der Waals surface area (Å²) in [6.45, 7) is 4.01. The number of carbonyl (C=O) groups is 2. The number of carbonyl (C=O) groups excluding carboxylic acids is 2. The highest BCUT2D eigenvalue weighted by molar-refractivity contribution is 5.94. The summed E-state index contributed by atoms with van der Waals surface area (Å²) in [7, 11) is 4.39. The van der Waals surface area contributed by atoms with Gasteiger partial charge in [0.2, 0.25) is 5.75 Å². The molecule has 0 unspecified atom stereocenters. The molecule has 0 bridgehead atoms. The lowest BCUT2D eigenvalue weighted by Gasteiger charge is -2.14. The Labute approximate surface area is 216 Å². The molecule has 3 aromatic carbocycles.